The molecule has 6 nitrogen and oxygen atoms in total. The second kappa shape index (κ2) is 10.2. The average molecular weight is 399 g/mol. The lowest BCUT2D eigenvalue weighted by Crippen LogP contribution is -2.37. The third-order valence-corrected chi connectivity index (χ3v) is 4.27. The van der Waals surface area contributed by atoms with E-state index < -0.39 is 6.61 Å². The summed E-state index contributed by atoms with van der Waals surface area (Å²) in [5, 5.41) is 6.30. The first-order valence-corrected chi connectivity index (χ1v) is 9.17. The largest absolute Gasteiger partial charge is 0.434 e. The summed E-state index contributed by atoms with van der Waals surface area (Å²) in [5.74, 6) is 1.54. The molecule has 1 heterocycles. The Bertz CT molecular complexity index is 928. The fraction of sp³-hybridized carbons (Fsp3) is 0.238. The zero-order valence-corrected chi connectivity index (χ0v) is 16.1. The molecule has 2 N–H and O–H groups in total. The molecular formula is C21H23F2N5O. The maximum Gasteiger partial charge on any atom is 0.387 e. The Balaban J connectivity index is 1.57. The van der Waals surface area contributed by atoms with Gasteiger partial charge in [-0.2, -0.15) is 8.78 Å². The average Bonchev–Trinajstić information content (AvgIpc) is 3.16. The number of imidazole rings is 1. The molecule has 0 saturated carbocycles. The van der Waals surface area contributed by atoms with Gasteiger partial charge in [0.15, 0.2) is 5.96 Å². The van der Waals surface area contributed by atoms with Crippen LogP contribution in [-0.2, 0) is 19.6 Å². The first-order valence-electron chi connectivity index (χ1n) is 9.17. The SMILES string of the molecule is CN=C(NCc1ccccc1OC(F)F)NCc1nccn1Cc1ccccc1. The van der Waals surface area contributed by atoms with Crippen molar-refractivity contribution in [2.75, 3.05) is 7.05 Å². The van der Waals surface area contributed by atoms with Crippen molar-refractivity contribution in [2.45, 2.75) is 26.2 Å². The van der Waals surface area contributed by atoms with Gasteiger partial charge in [-0.1, -0.05) is 48.5 Å². The number of halogens is 2. The quantitative estimate of drug-likeness (QED) is 0.450. The van der Waals surface area contributed by atoms with E-state index in [9.17, 15) is 8.78 Å². The summed E-state index contributed by atoms with van der Waals surface area (Å²) >= 11 is 0. The number of nitrogens with zero attached hydrogens (tertiary/aromatic N) is 3. The van der Waals surface area contributed by atoms with Crippen molar-refractivity contribution in [1.29, 1.82) is 0 Å². The van der Waals surface area contributed by atoms with Gasteiger partial charge >= 0.3 is 6.61 Å². The first-order chi connectivity index (χ1) is 14.2. The molecule has 0 radical (unpaired) electrons. The molecule has 0 amide bonds. The lowest BCUT2D eigenvalue weighted by Gasteiger charge is -2.15. The minimum Gasteiger partial charge on any atom is -0.434 e. The molecule has 29 heavy (non-hydrogen) atoms. The molecule has 2 aromatic carbocycles. The van der Waals surface area contributed by atoms with E-state index in [2.05, 4.69) is 42.0 Å². The molecule has 0 aliphatic carbocycles. The number of ether oxygens (including phenoxy) is 1. The van der Waals surface area contributed by atoms with Crippen molar-refractivity contribution in [2.24, 2.45) is 4.99 Å². The number of alkyl halides is 2. The number of aromatic nitrogens is 2. The van der Waals surface area contributed by atoms with Gasteiger partial charge in [0, 0.05) is 38.1 Å². The van der Waals surface area contributed by atoms with Crippen LogP contribution in [0.1, 0.15) is 17.0 Å². The molecule has 3 rings (SSSR count). The van der Waals surface area contributed by atoms with Crippen LogP contribution in [0, 0.1) is 0 Å². The van der Waals surface area contributed by atoms with Gasteiger partial charge in [-0.3, -0.25) is 4.99 Å². The third kappa shape index (κ3) is 6.03. The van der Waals surface area contributed by atoms with Gasteiger partial charge in [-0.05, 0) is 11.6 Å². The predicted molar refractivity (Wildman–Crippen MR) is 108 cm³/mol. The van der Waals surface area contributed by atoms with Gasteiger partial charge in [0.05, 0.1) is 6.54 Å². The summed E-state index contributed by atoms with van der Waals surface area (Å²) in [7, 11) is 1.65. The minimum atomic E-state index is -2.86. The van der Waals surface area contributed by atoms with E-state index in [4.69, 9.17) is 0 Å². The minimum absolute atomic E-state index is 0.142. The smallest absolute Gasteiger partial charge is 0.387 e. The van der Waals surface area contributed by atoms with Crippen LogP contribution in [0.3, 0.4) is 0 Å². The lowest BCUT2D eigenvalue weighted by molar-refractivity contribution is -0.0504. The van der Waals surface area contributed by atoms with Crippen molar-refractivity contribution in [1.82, 2.24) is 20.2 Å². The normalized spacial score (nSPS) is 11.5. The van der Waals surface area contributed by atoms with Gasteiger partial charge in [0.25, 0.3) is 0 Å². The number of hydrogen-bond donors (Lipinski definition) is 2. The van der Waals surface area contributed by atoms with Crippen LogP contribution in [0.15, 0.2) is 72.0 Å². The van der Waals surface area contributed by atoms with E-state index in [1.54, 1.807) is 31.4 Å². The summed E-state index contributed by atoms with van der Waals surface area (Å²) in [4.78, 5) is 8.57. The summed E-state index contributed by atoms with van der Waals surface area (Å²) in [6.07, 6.45) is 3.69. The van der Waals surface area contributed by atoms with Crippen molar-refractivity contribution in [3.63, 3.8) is 0 Å². The van der Waals surface area contributed by atoms with Gasteiger partial charge in [0.1, 0.15) is 11.6 Å². The number of para-hydroxylation sites is 1. The number of rotatable bonds is 8. The molecule has 0 atom stereocenters. The zero-order chi connectivity index (χ0) is 20.5. The molecule has 0 spiro atoms. The molecule has 0 unspecified atom stereocenters. The summed E-state index contributed by atoms with van der Waals surface area (Å²) < 4.78 is 31.7. The fourth-order valence-corrected chi connectivity index (χ4v) is 2.85. The Labute approximate surface area is 168 Å². The second-order valence-corrected chi connectivity index (χ2v) is 6.22. The van der Waals surface area contributed by atoms with Crippen LogP contribution in [0.5, 0.6) is 5.75 Å². The molecule has 152 valence electrons. The topological polar surface area (TPSA) is 63.5 Å². The molecule has 0 bridgehead atoms. The number of nitrogens with one attached hydrogen (secondary N) is 2. The molecule has 1 aromatic heterocycles. The van der Waals surface area contributed by atoms with Crippen LogP contribution in [0.2, 0.25) is 0 Å². The van der Waals surface area contributed by atoms with E-state index in [-0.39, 0.29) is 5.75 Å². The first kappa shape index (κ1) is 20.3. The predicted octanol–water partition coefficient (Wildman–Crippen LogP) is 3.40. The van der Waals surface area contributed by atoms with Crippen molar-refractivity contribution < 1.29 is 13.5 Å². The van der Waals surface area contributed by atoms with E-state index >= 15 is 0 Å². The van der Waals surface area contributed by atoms with Crippen molar-refractivity contribution in [3.8, 4) is 5.75 Å². The van der Waals surface area contributed by atoms with Crippen molar-refractivity contribution in [3.05, 3.63) is 83.9 Å². The van der Waals surface area contributed by atoms with Crippen LogP contribution < -0.4 is 15.4 Å². The highest BCUT2D eigenvalue weighted by Crippen LogP contribution is 2.19. The van der Waals surface area contributed by atoms with E-state index in [0.29, 0.717) is 24.6 Å². The Kier molecular flexibility index (Phi) is 7.16. The Morgan fingerprint density at radius 1 is 1.07 bits per heavy atom. The Morgan fingerprint density at radius 2 is 1.79 bits per heavy atom. The van der Waals surface area contributed by atoms with Gasteiger partial charge in [-0.15, -0.1) is 0 Å². The summed E-state index contributed by atoms with van der Waals surface area (Å²) in [6, 6.07) is 16.8. The molecular weight excluding hydrogens is 376 g/mol. The fourth-order valence-electron chi connectivity index (χ4n) is 2.85. The Morgan fingerprint density at radius 3 is 2.55 bits per heavy atom. The van der Waals surface area contributed by atoms with Gasteiger partial charge in [-0.25, -0.2) is 4.98 Å². The monoisotopic (exact) mass is 399 g/mol. The standard InChI is InChI=1S/C21H23F2N5O/c1-24-21(26-13-17-9-5-6-10-18(17)29-20(22)23)27-14-19-25-11-12-28(19)15-16-7-3-2-4-8-16/h2-12,20H,13-15H2,1H3,(H2,24,26,27). The van der Waals surface area contributed by atoms with Crippen LogP contribution in [0.4, 0.5) is 8.78 Å². The summed E-state index contributed by atoms with van der Waals surface area (Å²) in [5.41, 5.74) is 1.80. The molecule has 0 aliphatic rings. The number of hydrogen-bond acceptors (Lipinski definition) is 3. The lowest BCUT2D eigenvalue weighted by atomic mass is 10.2. The van der Waals surface area contributed by atoms with Crippen LogP contribution in [-0.4, -0.2) is 29.2 Å². The molecule has 3 aromatic rings. The molecule has 8 heteroatoms. The highest BCUT2D eigenvalue weighted by atomic mass is 19.3. The second-order valence-electron chi connectivity index (χ2n) is 6.22. The van der Waals surface area contributed by atoms with E-state index in [1.165, 1.54) is 11.6 Å². The number of benzene rings is 2. The highest BCUT2D eigenvalue weighted by Gasteiger charge is 2.10. The third-order valence-electron chi connectivity index (χ3n) is 4.27. The Hall–Kier alpha value is -3.42. The molecule has 0 fully saturated rings. The molecule has 0 aliphatic heterocycles. The van der Waals surface area contributed by atoms with Crippen LogP contribution >= 0.6 is 0 Å². The van der Waals surface area contributed by atoms with Gasteiger partial charge in [0.2, 0.25) is 0 Å². The maximum atomic E-state index is 12.5. The highest BCUT2D eigenvalue weighted by molar-refractivity contribution is 5.79. The van der Waals surface area contributed by atoms with E-state index in [1.807, 2.05) is 24.4 Å². The van der Waals surface area contributed by atoms with E-state index in [0.717, 1.165) is 12.4 Å². The summed E-state index contributed by atoms with van der Waals surface area (Å²) in [6.45, 7) is -1.38. The van der Waals surface area contributed by atoms with Crippen LogP contribution in [0.25, 0.3) is 0 Å². The van der Waals surface area contributed by atoms with Gasteiger partial charge < -0.3 is 19.9 Å². The zero-order valence-electron chi connectivity index (χ0n) is 16.1. The molecule has 0 saturated heterocycles. The van der Waals surface area contributed by atoms with Crippen molar-refractivity contribution >= 4 is 5.96 Å². The maximum absolute atomic E-state index is 12.5. The number of guanidine groups is 1. The number of aliphatic imine (C=N–C) groups is 1.